The molecule has 0 saturated carbocycles. The lowest BCUT2D eigenvalue weighted by molar-refractivity contribution is 0.0960. The first-order valence-corrected chi connectivity index (χ1v) is 6.58. The molecule has 2 aromatic heterocycles. The van der Waals surface area contributed by atoms with Gasteiger partial charge in [-0.1, -0.05) is 20.8 Å². The van der Waals surface area contributed by atoms with Crippen LogP contribution in [0.15, 0.2) is 22.9 Å². The molecular formula is C14H19N3O2. The highest BCUT2D eigenvalue weighted by Gasteiger charge is 2.15. The van der Waals surface area contributed by atoms with E-state index in [1.54, 1.807) is 10.7 Å². The van der Waals surface area contributed by atoms with Crippen LogP contribution in [0.25, 0.3) is 0 Å². The molecule has 102 valence electrons. The Morgan fingerprint density at radius 3 is 2.84 bits per heavy atom. The van der Waals surface area contributed by atoms with E-state index in [0.717, 1.165) is 18.7 Å². The van der Waals surface area contributed by atoms with Gasteiger partial charge in [-0.2, -0.15) is 5.10 Å². The van der Waals surface area contributed by atoms with Crippen LogP contribution in [0.5, 0.6) is 0 Å². The molecule has 0 aliphatic rings. The molecule has 0 aliphatic carbocycles. The van der Waals surface area contributed by atoms with E-state index in [1.807, 2.05) is 13.0 Å². The fourth-order valence-corrected chi connectivity index (χ4v) is 1.87. The van der Waals surface area contributed by atoms with Crippen LogP contribution in [0, 0.1) is 5.92 Å². The largest absolute Gasteiger partial charge is 0.458 e. The van der Waals surface area contributed by atoms with Gasteiger partial charge in [0.2, 0.25) is 5.78 Å². The number of aryl methyl sites for hydroxylation is 1. The maximum absolute atomic E-state index is 12.1. The van der Waals surface area contributed by atoms with Gasteiger partial charge in [-0.05, 0) is 18.1 Å². The number of nitrogens with zero attached hydrogens (tertiary/aromatic N) is 3. The van der Waals surface area contributed by atoms with Gasteiger partial charge < -0.3 is 4.42 Å². The predicted molar refractivity (Wildman–Crippen MR) is 71.0 cm³/mol. The number of hydrogen-bond donors (Lipinski definition) is 0. The topological polar surface area (TPSA) is 60.9 Å². The number of ketones is 1. The van der Waals surface area contributed by atoms with E-state index >= 15 is 0 Å². The van der Waals surface area contributed by atoms with Crippen molar-refractivity contribution >= 4 is 5.78 Å². The van der Waals surface area contributed by atoms with Crippen molar-refractivity contribution in [3.8, 4) is 0 Å². The molecule has 0 aromatic carbocycles. The number of furan rings is 1. The zero-order chi connectivity index (χ0) is 13.8. The first-order chi connectivity index (χ1) is 9.10. The first kappa shape index (κ1) is 13.5. The molecule has 2 heterocycles. The van der Waals surface area contributed by atoms with Gasteiger partial charge in [0.25, 0.3) is 0 Å². The van der Waals surface area contributed by atoms with E-state index in [2.05, 4.69) is 23.9 Å². The normalized spacial score (nSPS) is 11.2. The Morgan fingerprint density at radius 1 is 1.42 bits per heavy atom. The Kier molecular flexibility index (Phi) is 4.14. The zero-order valence-electron chi connectivity index (χ0n) is 11.6. The molecule has 0 unspecified atom stereocenters. The van der Waals surface area contributed by atoms with E-state index in [1.165, 1.54) is 6.33 Å². The number of aromatic nitrogens is 3. The number of carbonyl (C=O) groups is 1. The minimum absolute atomic E-state index is 0.0577. The second-order valence-electron chi connectivity index (χ2n) is 4.97. The summed E-state index contributed by atoms with van der Waals surface area (Å²) in [6, 6.07) is 3.57. The van der Waals surface area contributed by atoms with Crippen molar-refractivity contribution in [1.82, 2.24) is 14.8 Å². The summed E-state index contributed by atoms with van der Waals surface area (Å²) in [6.45, 7) is 6.97. The van der Waals surface area contributed by atoms with Crippen LogP contribution >= 0.6 is 0 Å². The van der Waals surface area contributed by atoms with Gasteiger partial charge in [0.1, 0.15) is 17.9 Å². The van der Waals surface area contributed by atoms with Crippen LogP contribution in [0.3, 0.4) is 0 Å². The van der Waals surface area contributed by atoms with Crippen LogP contribution in [-0.4, -0.2) is 20.5 Å². The molecule has 2 aromatic rings. The lowest BCUT2D eigenvalue weighted by Gasteiger charge is -2.07. The fourth-order valence-electron chi connectivity index (χ4n) is 1.87. The highest BCUT2D eigenvalue weighted by Crippen LogP contribution is 2.12. The molecular weight excluding hydrogens is 242 g/mol. The van der Waals surface area contributed by atoms with E-state index in [0.29, 0.717) is 17.5 Å². The third kappa shape index (κ3) is 3.30. The monoisotopic (exact) mass is 261 g/mol. The number of Topliss-reactive ketones (excluding diaryl/α,β-unsaturated/α-hetero) is 1. The minimum atomic E-state index is -0.0577. The van der Waals surface area contributed by atoms with Crippen molar-refractivity contribution in [3.05, 3.63) is 35.8 Å². The third-order valence-electron chi connectivity index (χ3n) is 2.84. The van der Waals surface area contributed by atoms with Crippen molar-refractivity contribution in [2.45, 2.75) is 40.2 Å². The van der Waals surface area contributed by atoms with Gasteiger partial charge in [-0.3, -0.25) is 4.79 Å². The van der Waals surface area contributed by atoms with Crippen LogP contribution in [-0.2, 0) is 19.4 Å². The molecule has 19 heavy (non-hydrogen) atoms. The van der Waals surface area contributed by atoms with Crippen molar-refractivity contribution in [2.75, 3.05) is 0 Å². The SMILES string of the molecule is CCc1ccc(C(=O)Cc2ncnn2CC(C)C)o1. The molecule has 0 spiro atoms. The molecule has 0 saturated heterocycles. The van der Waals surface area contributed by atoms with Gasteiger partial charge >= 0.3 is 0 Å². The van der Waals surface area contributed by atoms with Gasteiger partial charge in [0.15, 0.2) is 5.76 Å². The molecule has 0 fully saturated rings. The quantitative estimate of drug-likeness (QED) is 0.750. The van der Waals surface area contributed by atoms with E-state index in [4.69, 9.17) is 4.42 Å². The van der Waals surface area contributed by atoms with Gasteiger partial charge in [-0.15, -0.1) is 0 Å². The number of hydrogen-bond acceptors (Lipinski definition) is 4. The van der Waals surface area contributed by atoms with E-state index < -0.39 is 0 Å². The summed E-state index contributed by atoms with van der Waals surface area (Å²) in [7, 11) is 0. The maximum Gasteiger partial charge on any atom is 0.205 e. The second-order valence-corrected chi connectivity index (χ2v) is 4.97. The summed E-state index contributed by atoms with van der Waals surface area (Å²) in [5.74, 6) is 2.32. The number of rotatable bonds is 6. The minimum Gasteiger partial charge on any atom is -0.458 e. The summed E-state index contributed by atoms with van der Waals surface area (Å²) in [6.07, 6.45) is 2.50. The van der Waals surface area contributed by atoms with Crippen LogP contribution in [0.4, 0.5) is 0 Å². The summed E-state index contributed by atoms with van der Waals surface area (Å²) in [5.41, 5.74) is 0. The Balaban J connectivity index is 2.08. The third-order valence-corrected chi connectivity index (χ3v) is 2.84. The van der Waals surface area contributed by atoms with Crippen LogP contribution < -0.4 is 0 Å². The van der Waals surface area contributed by atoms with Crippen molar-refractivity contribution < 1.29 is 9.21 Å². The summed E-state index contributed by atoms with van der Waals surface area (Å²) >= 11 is 0. The van der Waals surface area contributed by atoms with E-state index in [-0.39, 0.29) is 12.2 Å². The molecule has 2 rings (SSSR count). The lowest BCUT2D eigenvalue weighted by Crippen LogP contribution is -2.14. The van der Waals surface area contributed by atoms with Gasteiger partial charge in [0, 0.05) is 13.0 Å². The Hall–Kier alpha value is -1.91. The molecule has 5 nitrogen and oxygen atoms in total. The molecule has 0 bridgehead atoms. The Bertz CT molecular complexity index is 555. The molecule has 0 atom stereocenters. The van der Waals surface area contributed by atoms with Crippen LogP contribution in [0.1, 0.15) is 42.9 Å². The Morgan fingerprint density at radius 2 is 2.21 bits per heavy atom. The van der Waals surface area contributed by atoms with Crippen molar-refractivity contribution in [1.29, 1.82) is 0 Å². The van der Waals surface area contributed by atoms with Crippen molar-refractivity contribution in [2.24, 2.45) is 5.92 Å². The highest BCUT2D eigenvalue weighted by atomic mass is 16.3. The summed E-state index contributed by atoms with van der Waals surface area (Å²) < 4.78 is 7.24. The maximum atomic E-state index is 12.1. The molecule has 0 radical (unpaired) electrons. The average Bonchev–Trinajstić information content (AvgIpc) is 2.98. The summed E-state index contributed by atoms with van der Waals surface area (Å²) in [5, 5.41) is 4.15. The molecule has 5 heteroatoms. The molecule has 0 aliphatic heterocycles. The second kappa shape index (κ2) is 5.82. The Labute approximate surface area is 112 Å². The first-order valence-electron chi connectivity index (χ1n) is 6.58. The van der Waals surface area contributed by atoms with E-state index in [9.17, 15) is 4.79 Å². The van der Waals surface area contributed by atoms with Crippen LogP contribution in [0.2, 0.25) is 0 Å². The van der Waals surface area contributed by atoms with Gasteiger partial charge in [0.05, 0.1) is 6.42 Å². The average molecular weight is 261 g/mol. The zero-order valence-corrected chi connectivity index (χ0v) is 11.6. The predicted octanol–water partition coefficient (Wildman–Crippen LogP) is 2.51. The fraction of sp³-hybridized carbons (Fsp3) is 0.500. The number of carbonyl (C=O) groups excluding carboxylic acids is 1. The summed E-state index contributed by atoms with van der Waals surface area (Å²) in [4.78, 5) is 16.3. The standard InChI is InChI=1S/C14H19N3O2/c1-4-11-5-6-13(19-11)12(18)7-14-15-9-16-17(14)8-10(2)3/h5-6,9-10H,4,7-8H2,1-3H3. The molecule has 0 N–H and O–H groups in total. The lowest BCUT2D eigenvalue weighted by atomic mass is 10.2. The molecule has 0 amide bonds. The van der Waals surface area contributed by atoms with Crippen molar-refractivity contribution in [3.63, 3.8) is 0 Å². The smallest absolute Gasteiger partial charge is 0.205 e. The highest BCUT2D eigenvalue weighted by molar-refractivity contribution is 5.94. The van der Waals surface area contributed by atoms with Gasteiger partial charge in [-0.25, -0.2) is 9.67 Å².